The van der Waals surface area contributed by atoms with Crippen LogP contribution in [0.4, 0.5) is 0 Å². The molecule has 2 aromatic heterocycles. The van der Waals surface area contributed by atoms with Crippen LogP contribution in [0.15, 0.2) is 30.6 Å². The molecule has 0 saturated heterocycles. The first kappa shape index (κ1) is 11.2. The molecule has 0 spiro atoms. The quantitative estimate of drug-likeness (QED) is 0.809. The van der Waals surface area contributed by atoms with Crippen LogP contribution < -0.4 is 0 Å². The van der Waals surface area contributed by atoms with Crippen molar-refractivity contribution >= 4 is 5.78 Å². The van der Waals surface area contributed by atoms with Crippen molar-refractivity contribution < 1.29 is 4.79 Å². The van der Waals surface area contributed by atoms with E-state index in [0.29, 0.717) is 6.42 Å². The Kier molecular flexibility index (Phi) is 2.74. The number of hydrogen-bond donors (Lipinski definition) is 0. The Hall–Kier alpha value is -1.90. The third-order valence-corrected chi connectivity index (χ3v) is 3.63. The number of rotatable bonds is 2. The first-order valence-electron chi connectivity index (χ1n) is 6.37. The largest absolute Gasteiger partial charge is 0.345 e. The molecule has 92 valence electrons. The highest BCUT2D eigenvalue weighted by Gasteiger charge is 2.20. The van der Waals surface area contributed by atoms with Crippen LogP contribution in [0.5, 0.6) is 0 Å². The van der Waals surface area contributed by atoms with Gasteiger partial charge in [-0.3, -0.25) is 9.78 Å². The Morgan fingerprint density at radius 1 is 1.33 bits per heavy atom. The number of aryl methyl sites for hydroxylation is 1. The highest BCUT2D eigenvalue weighted by Crippen LogP contribution is 2.23. The number of carbonyl (C=O) groups is 1. The number of ketones is 1. The molecule has 0 aliphatic heterocycles. The average Bonchev–Trinajstić information content (AvgIpc) is 2.77. The molecule has 2 aromatic rings. The predicted molar refractivity (Wildman–Crippen MR) is 69.8 cm³/mol. The fourth-order valence-corrected chi connectivity index (χ4v) is 2.58. The van der Waals surface area contributed by atoms with Gasteiger partial charge in [0.2, 0.25) is 0 Å². The SMILES string of the molecule is Cc1cccnc1Cn1ccc2c1CCCC2=O. The van der Waals surface area contributed by atoms with E-state index in [0.717, 1.165) is 30.6 Å². The molecule has 0 amide bonds. The molecule has 0 saturated carbocycles. The standard InChI is InChI=1S/C15H16N2O/c1-11-4-3-8-16-13(11)10-17-9-7-12-14(17)5-2-6-15(12)18/h3-4,7-9H,2,5-6,10H2,1H3. The molecule has 1 aliphatic rings. The van der Waals surface area contributed by atoms with E-state index in [1.54, 1.807) is 0 Å². The van der Waals surface area contributed by atoms with Crippen molar-refractivity contribution in [1.29, 1.82) is 0 Å². The topological polar surface area (TPSA) is 34.9 Å². The first-order chi connectivity index (χ1) is 8.75. The van der Waals surface area contributed by atoms with E-state index in [4.69, 9.17) is 0 Å². The molecule has 0 radical (unpaired) electrons. The molecule has 0 fully saturated rings. The van der Waals surface area contributed by atoms with E-state index in [9.17, 15) is 4.79 Å². The van der Waals surface area contributed by atoms with Gasteiger partial charge in [-0.25, -0.2) is 0 Å². The van der Waals surface area contributed by atoms with E-state index in [-0.39, 0.29) is 5.78 Å². The van der Waals surface area contributed by atoms with Crippen LogP contribution >= 0.6 is 0 Å². The lowest BCUT2D eigenvalue weighted by molar-refractivity contribution is 0.0972. The smallest absolute Gasteiger partial charge is 0.164 e. The lowest BCUT2D eigenvalue weighted by atomic mass is 9.97. The molecule has 0 aromatic carbocycles. The second kappa shape index (κ2) is 4.41. The van der Waals surface area contributed by atoms with Crippen LogP contribution in [0.25, 0.3) is 0 Å². The van der Waals surface area contributed by atoms with Crippen molar-refractivity contribution in [2.75, 3.05) is 0 Å². The molecule has 3 rings (SSSR count). The Morgan fingerprint density at radius 2 is 2.22 bits per heavy atom. The van der Waals surface area contributed by atoms with Crippen molar-refractivity contribution in [3.8, 4) is 0 Å². The maximum absolute atomic E-state index is 11.8. The minimum Gasteiger partial charge on any atom is -0.345 e. The summed E-state index contributed by atoms with van der Waals surface area (Å²) >= 11 is 0. The lowest BCUT2D eigenvalue weighted by Gasteiger charge is -2.15. The molecule has 0 bridgehead atoms. The number of hydrogen-bond acceptors (Lipinski definition) is 2. The lowest BCUT2D eigenvalue weighted by Crippen LogP contribution is -2.14. The van der Waals surface area contributed by atoms with E-state index < -0.39 is 0 Å². The Morgan fingerprint density at radius 3 is 3.06 bits per heavy atom. The van der Waals surface area contributed by atoms with E-state index in [1.165, 1.54) is 11.3 Å². The van der Waals surface area contributed by atoms with Crippen LogP contribution in [-0.2, 0) is 13.0 Å². The van der Waals surface area contributed by atoms with Crippen molar-refractivity contribution in [2.24, 2.45) is 0 Å². The maximum atomic E-state index is 11.8. The number of aromatic nitrogens is 2. The Labute approximate surface area is 106 Å². The number of carbonyl (C=O) groups excluding carboxylic acids is 1. The highest BCUT2D eigenvalue weighted by atomic mass is 16.1. The molecule has 0 unspecified atom stereocenters. The van der Waals surface area contributed by atoms with Crippen molar-refractivity contribution in [3.63, 3.8) is 0 Å². The van der Waals surface area contributed by atoms with Crippen LogP contribution in [-0.4, -0.2) is 15.3 Å². The zero-order valence-electron chi connectivity index (χ0n) is 10.5. The van der Waals surface area contributed by atoms with Gasteiger partial charge >= 0.3 is 0 Å². The van der Waals surface area contributed by atoms with Gasteiger partial charge in [0.1, 0.15) is 0 Å². The summed E-state index contributed by atoms with van der Waals surface area (Å²) in [6.45, 7) is 2.83. The van der Waals surface area contributed by atoms with Crippen LogP contribution in [0.3, 0.4) is 0 Å². The molecule has 1 aliphatic carbocycles. The van der Waals surface area contributed by atoms with Gasteiger partial charge in [-0.05, 0) is 37.5 Å². The van der Waals surface area contributed by atoms with Gasteiger partial charge < -0.3 is 4.57 Å². The summed E-state index contributed by atoms with van der Waals surface area (Å²) in [5, 5.41) is 0. The number of pyridine rings is 1. The Bertz CT molecular complexity index is 598. The second-order valence-electron chi connectivity index (χ2n) is 4.85. The van der Waals surface area contributed by atoms with Gasteiger partial charge in [-0.2, -0.15) is 0 Å². The van der Waals surface area contributed by atoms with Crippen molar-refractivity contribution in [2.45, 2.75) is 32.7 Å². The second-order valence-corrected chi connectivity index (χ2v) is 4.85. The van der Waals surface area contributed by atoms with Gasteiger partial charge in [0.05, 0.1) is 12.2 Å². The fraction of sp³-hybridized carbons (Fsp3) is 0.333. The Balaban J connectivity index is 1.95. The summed E-state index contributed by atoms with van der Waals surface area (Å²) in [6.07, 6.45) is 6.50. The summed E-state index contributed by atoms with van der Waals surface area (Å²) in [6, 6.07) is 5.98. The third kappa shape index (κ3) is 1.86. The molecule has 0 atom stereocenters. The van der Waals surface area contributed by atoms with Gasteiger partial charge in [0, 0.05) is 30.1 Å². The highest BCUT2D eigenvalue weighted by molar-refractivity contribution is 5.98. The first-order valence-corrected chi connectivity index (χ1v) is 6.37. The third-order valence-electron chi connectivity index (χ3n) is 3.63. The zero-order valence-corrected chi connectivity index (χ0v) is 10.5. The minimum atomic E-state index is 0.285. The number of Topliss-reactive ketones (excluding diaryl/α,β-unsaturated/α-hetero) is 1. The molecule has 18 heavy (non-hydrogen) atoms. The monoisotopic (exact) mass is 240 g/mol. The van der Waals surface area contributed by atoms with E-state index in [2.05, 4.69) is 22.5 Å². The predicted octanol–water partition coefficient (Wildman–Crippen LogP) is 2.76. The molecule has 3 nitrogen and oxygen atoms in total. The summed E-state index contributed by atoms with van der Waals surface area (Å²) in [5.41, 5.74) is 4.36. The van der Waals surface area contributed by atoms with E-state index in [1.807, 2.05) is 24.5 Å². The van der Waals surface area contributed by atoms with Crippen LogP contribution in [0.2, 0.25) is 0 Å². The zero-order chi connectivity index (χ0) is 12.5. The summed E-state index contributed by atoms with van der Waals surface area (Å²) < 4.78 is 2.17. The molecule has 0 N–H and O–H groups in total. The number of fused-ring (bicyclic) bond motifs is 1. The van der Waals surface area contributed by atoms with Gasteiger partial charge in [0.25, 0.3) is 0 Å². The van der Waals surface area contributed by atoms with Gasteiger partial charge in [-0.15, -0.1) is 0 Å². The summed E-state index contributed by atoms with van der Waals surface area (Å²) in [5.74, 6) is 0.285. The summed E-state index contributed by atoms with van der Waals surface area (Å²) in [7, 11) is 0. The fourth-order valence-electron chi connectivity index (χ4n) is 2.58. The number of nitrogens with zero attached hydrogens (tertiary/aromatic N) is 2. The molecular formula is C15H16N2O. The van der Waals surface area contributed by atoms with Gasteiger partial charge in [-0.1, -0.05) is 6.07 Å². The van der Waals surface area contributed by atoms with Gasteiger partial charge in [0.15, 0.2) is 5.78 Å². The van der Waals surface area contributed by atoms with Crippen molar-refractivity contribution in [1.82, 2.24) is 9.55 Å². The van der Waals surface area contributed by atoms with E-state index >= 15 is 0 Å². The van der Waals surface area contributed by atoms with Crippen molar-refractivity contribution in [3.05, 3.63) is 53.1 Å². The maximum Gasteiger partial charge on any atom is 0.164 e. The van der Waals surface area contributed by atoms with Crippen LogP contribution in [0.1, 0.15) is 40.2 Å². The molecular weight excluding hydrogens is 224 g/mol. The molecule has 2 heterocycles. The normalized spacial score (nSPS) is 14.6. The minimum absolute atomic E-state index is 0.285. The molecule has 3 heteroatoms. The summed E-state index contributed by atoms with van der Waals surface area (Å²) in [4.78, 5) is 16.2. The average molecular weight is 240 g/mol. The van der Waals surface area contributed by atoms with Crippen LogP contribution in [0, 0.1) is 6.92 Å².